The molecular formula is C10H14N6O2S. The number of hydrogen-bond donors (Lipinski definition) is 1. The zero-order chi connectivity index (χ0) is 13.6. The van der Waals surface area contributed by atoms with Crippen molar-refractivity contribution < 1.29 is 8.42 Å². The fourth-order valence-electron chi connectivity index (χ4n) is 2.07. The van der Waals surface area contributed by atoms with Crippen molar-refractivity contribution in [2.45, 2.75) is 37.0 Å². The first kappa shape index (κ1) is 12.3. The lowest BCUT2D eigenvalue weighted by atomic mass is 10.3. The Bertz CT molecular complexity index is 686. The van der Waals surface area contributed by atoms with Crippen molar-refractivity contribution in [1.82, 2.24) is 24.5 Å². The molecule has 0 aliphatic heterocycles. The maximum atomic E-state index is 11.5. The molecule has 0 amide bonds. The molecule has 0 aromatic carbocycles. The van der Waals surface area contributed by atoms with Crippen LogP contribution in [0.2, 0.25) is 0 Å². The van der Waals surface area contributed by atoms with E-state index in [0.29, 0.717) is 5.82 Å². The molecule has 102 valence electrons. The maximum Gasteiger partial charge on any atom is 0.273 e. The highest BCUT2D eigenvalue weighted by atomic mass is 32.2. The molecule has 2 heterocycles. The molecule has 19 heavy (non-hydrogen) atoms. The molecule has 3 rings (SSSR count). The molecule has 8 nitrogen and oxygen atoms in total. The summed E-state index contributed by atoms with van der Waals surface area (Å²) in [6, 6.07) is 1.73. The number of nitrogens with zero attached hydrogens (tertiary/aromatic N) is 5. The minimum absolute atomic E-state index is 0.122. The lowest BCUT2D eigenvalue weighted by Gasteiger charge is -2.14. The van der Waals surface area contributed by atoms with Crippen molar-refractivity contribution in [3.05, 3.63) is 24.3 Å². The number of sulfonamides is 1. The summed E-state index contributed by atoms with van der Waals surface area (Å²) in [4.78, 5) is 0. The fourth-order valence-corrected chi connectivity index (χ4v) is 2.74. The van der Waals surface area contributed by atoms with Crippen molar-refractivity contribution in [1.29, 1.82) is 0 Å². The van der Waals surface area contributed by atoms with Crippen molar-refractivity contribution >= 4 is 10.0 Å². The fraction of sp³-hybridized carbons (Fsp3) is 0.500. The van der Waals surface area contributed by atoms with E-state index in [1.165, 1.54) is 0 Å². The first-order valence-electron chi connectivity index (χ1n) is 5.95. The number of primary sulfonamides is 1. The summed E-state index contributed by atoms with van der Waals surface area (Å²) in [6.07, 6.45) is 5.29. The van der Waals surface area contributed by atoms with E-state index in [1.54, 1.807) is 27.7 Å². The van der Waals surface area contributed by atoms with E-state index in [4.69, 9.17) is 5.14 Å². The Morgan fingerprint density at radius 3 is 2.68 bits per heavy atom. The molecule has 1 aliphatic carbocycles. The van der Waals surface area contributed by atoms with Crippen LogP contribution in [0, 0.1) is 0 Å². The summed E-state index contributed by atoms with van der Waals surface area (Å²) in [5.74, 6) is 0.565. The molecule has 1 fully saturated rings. The minimum atomic E-state index is -3.86. The molecule has 1 unspecified atom stereocenters. The van der Waals surface area contributed by atoms with E-state index >= 15 is 0 Å². The van der Waals surface area contributed by atoms with Crippen LogP contribution in [0.3, 0.4) is 0 Å². The van der Waals surface area contributed by atoms with Crippen molar-refractivity contribution in [3.8, 4) is 0 Å². The van der Waals surface area contributed by atoms with Gasteiger partial charge in [-0.1, -0.05) is 0 Å². The zero-order valence-corrected chi connectivity index (χ0v) is 11.2. The number of rotatable bonds is 4. The summed E-state index contributed by atoms with van der Waals surface area (Å²) in [6.45, 7) is 1.89. The van der Waals surface area contributed by atoms with Gasteiger partial charge in [-0.2, -0.15) is 5.10 Å². The first-order chi connectivity index (χ1) is 8.98. The summed E-state index contributed by atoms with van der Waals surface area (Å²) >= 11 is 0. The van der Waals surface area contributed by atoms with E-state index in [1.807, 2.05) is 6.92 Å². The molecule has 1 atom stereocenters. The van der Waals surface area contributed by atoms with Crippen LogP contribution in [-0.4, -0.2) is 33.0 Å². The molecule has 2 aromatic rings. The number of hydrogen-bond acceptors (Lipinski definition) is 5. The molecule has 0 bridgehead atoms. The van der Waals surface area contributed by atoms with Crippen LogP contribution < -0.4 is 5.14 Å². The van der Waals surface area contributed by atoms with Gasteiger partial charge >= 0.3 is 0 Å². The third-order valence-corrected chi connectivity index (χ3v) is 3.94. The predicted molar refractivity (Wildman–Crippen MR) is 65.7 cm³/mol. The molecule has 0 saturated heterocycles. The summed E-state index contributed by atoms with van der Waals surface area (Å²) in [5, 5.41) is 16.9. The van der Waals surface area contributed by atoms with Crippen molar-refractivity contribution in [3.63, 3.8) is 0 Å². The third kappa shape index (κ3) is 2.15. The number of aromatic nitrogens is 5. The highest BCUT2D eigenvalue weighted by molar-refractivity contribution is 7.89. The number of nitrogens with two attached hydrogens (primary N) is 1. The van der Waals surface area contributed by atoms with Crippen molar-refractivity contribution in [2.24, 2.45) is 5.14 Å². The van der Waals surface area contributed by atoms with E-state index in [2.05, 4.69) is 15.3 Å². The smallest absolute Gasteiger partial charge is 0.273 e. The normalized spacial score (nSPS) is 17.6. The second-order valence-corrected chi connectivity index (χ2v) is 6.10. The van der Waals surface area contributed by atoms with E-state index in [0.717, 1.165) is 12.8 Å². The van der Waals surface area contributed by atoms with E-state index in [9.17, 15) is 8.42 Å². The molecule has 2 aromatic heterocycles. The van der Waals surface area contributed by atoms with E-state index in [-0.39, 0.29) is 17.2 Å². The molecule has 9 heteroatoms. The quantitative estimate of drug-likeness (QED) is 0.853. The molecular weight excluding hydrogens is 268 g/mol. The van der Waals surface area contributed by atoms with Gasteiger partial charge in [0.05, 0.1) is 0 Å². The van der Waals surface area contributed by atoms with Gasteiger partial charge in [0, 0.05) is 18.4 Å². The van der Waals surface area contributed by atoms with Gasteiger partial charge in [0.1, 0.15) is 6.04 Å². The van der Waals surface area contributed by atoms with Crippen LogP contribution >= 0.6 is 0 Å². The van der Waals surface area contributed by atoms with Crippen LogP contribution in [0.1, 0.15) is 37.7 Å². The Balaban J connectivity index is 2.10. The van der Waals surface area contributed by atoms with Crippen molar-refractivity contribution in [2.75, 3.05) is 0 Å². The monoisotopic (exact) mass is 282 g/mol. The Morgan fingerprint density at radius 1 is 1.42 bits per heavy atom. The SMILES string of the molecule is CC(c1nnc(S(N)(=O)=O)n1C1CC1)n1cccn1. The lowest BCUT2D eigenvalue weighted by Crippen LogP contribution is -2.20. The minimum Gasteiger partial charge on any atom is -0.296 e. The van der Waals surface area contributed by atoms with Gasteiger partial charge in [-0.25, -0.2) is 13.6 Å². The van der Waals surface area contributed by atoms with Crippen LogP contribution in [-0.2, 0) is 10.0 Å². The second kappa shape index (κ2) is 4.14. The van der Waals surface area contributed by atoms with Gasteiger partial charge in [-0.05, 0) is 25.8 Å². The standard InChI is InChI=1S/C10H14N6O2S/c1-7(15-6-2-5-12-15)9-13-14-10(19(11,17)18)16(9)8-3-4-8/h2,5-8H,3-4H2,1H3,(H2,11,17,18). The van der Waals surface area contributed by atoms with Crippen LogP contribution in [0.15, 0.2) is 23.6 Å². The van der Waals surface area contributed by atoms with Crippen LogP contribution in [0.4, 0.5) is 0 Å². The second-order valence-electron chi connectivity index (χ2n) is 4.65. The maximum absolute atomic E-state index is 11.5. The van der Waals surface area contributed by atoms with Gasteiger partial charge in [-0.3, -0.25) is 9.25 Å². The van der Waals surface area contributed by atoms with Gasteiger partial charge in [0.2, 0.25) is 0 Å². The largest absolute Gasteiger partial charge is 0.296 e. The lowest BCUT2D eigenvalue weighted by molar-refractivity contribution is 0.489. The zero-order valence-electron chi connectivity index (χ0n) is 10.3. The average Bonchev–Trinajstić information content (AvgIpc) is 2.90. The summed E-state index contributed by atoms with van der Waals surface area (Å²) in [5.41, 5.74) is 0. The molecule has 1 aliphatic rings. The Kier molecular flexibility index (Phi) is 2.68. The van der Waals surface area contributed by atoms with Crippen LogP contribution in [0.5, 0.6) is 0 Å². The predicted octanol–water partition coefficient (Wildman–Crippen LogP) is 0.0662. The summed E-state index contributed by atoms with van der Waals surface area (Å²) in [7, 11) is -3.86. The van der Waals surface area contributed by atoms with Gasteiger partial charge < -0.3 is 0 Å². The van der Waals surface area contributed by atoms with Gasteiger partial charge in [-0.15, -0.1) is 10.2 Å². The highest BCUT2D eigenvalue weighted by Crippen LogP contribution is 2.38. The molecule has 0 spiro atoms. The molecule has 1 saturated carbocycles. The Labute approximate surface area is 110 Å². The molecule has 0 radical (unpaired) electrons. The van der Waals surface area contributed by atoms with E-state index < -0.39 is 10.0 Å². The molecule has 2 N–H and O–H groups in total. The average molecular weight is 282 g/mol. The highest BCUT2D eigenvalue weighted by Gasteiger charge is 2.34. The first-order valence-corrected chi connectivity index (χ1v) is 7.50. The third-order valence-electron chi connectivity index (χ3n) is 3.15. The van der Waals surface area contributed by atoms with Gasteiger partial charge in [0.25, 0.3) is 15.2 Å². The topological polar surface area (TPSA) is 109 Å². The van der Waals surface area contributed by atoms with Gasteiger partial charge in [0.15, 0.2) is 5.82 Å². The Hall–Kier alpha value is -1.74. The Morgan fingerprint density at radius 2 is 2.16 bits per heavy atom. The summed E-state index contributed by atoms with van der Waals surface area (Å²) < 4.78 is 26.4. The van der Waals surface area contributed by atoms with Crippen LogP contribution in [0.25, 0.3) is 0 Å².